The summed E-state index contributed by atoms with van der Waals surface area (Å²) < 4.78 is 5.45. The molecule has 3 fully saturated rings. The molecule has 2 saturated heterocycles. The lowest BCUT2D eigenvalue weighted by Gasteiger charge is -2.31. The number of hydrogen-bond donors (Lipinski definition) is 2. The van der Waals surface area contributed by atoms with Crippen LogP contribution in [0.3, 0.4) is 0 Å². The van der Waals surface area contributed by atoms with Crippen molar-refractivity contribution in [3.8, 4) is 16.9 Å². The van der Waals surface area contributed by atoms with Gasteiger partial charge in [-0.2, -0.15) is 0 Å². The van der Waals surface area contributed by atoms with Gasteiger partial charge in [0.1, 0.15) is 5.75 Å². The van der Waals surface area contributed by atoms with Crippen molar-refractivity contribution in [1.29, 1.82) is 0 Å². The van der Waals surface area contributed by atoms with Crippen molar-refractivity contribution in [2.45, 2.75) is 69.9 Å². The molecule has 1 aliphatic carbocycles. The first kappa shape index (κ1) is 26.3. The number of carbonyl (C=O) groups excluding carboxylic acids is 2. The van der Waals surface area contributed by atoms with Gasteiger partial charge in [-0.25, -0.2) is 4.79 Å². The summed E-state index contributed by atoms with van der Waals surface area (Å²) in [6.07, 6.45) is 8.77. The van der Waals surface area contributed by atoms with Crippen molar-refractivity contribution < 1.29 is 14.3 Å². The van der Waals surface area contributed by atoms with Crippen LogP contribution in [0.5, 0.6) is 5.75 Å². The van der Waals surface area contributed by atoms with E-state index in [1.54, 1.807) is 12.1 Å². The summed E-state index contributed by atoms with van der Waals surface area (Å²) >= 11 is 13.4. The number of amides is 2. The van der Waals surface area contributed by atoms with Gasteiger partial charge >= 0.3 is 6.09 Å². The number of benzene rings is 2. The highest BCUT2D eigenvalue weighted by atomic mass is 35.5. The molecule has 6 nitrogen and oxygen atoms in total. The summed E-state index contributed by atoms with van der Waals surface area (Å²) in [4.78, 5) is 27.5. The molecule has 0 spiro atoms. The van der Waals surface area contributed by atoms with Crippen LogP contribution in [0, 0.1) is 5.92 Å². The SMILES string of the molecule is O=C(NC1CCNCC1)Oc1ccc(-c2cc(Cl)c(CC3CCN(C4CCCCC4)C3=O)c(Cl)c2)cc1. The molecule has 0 aromatic heterocycles. The lowest BCUT2D eigenvalue weighted by Crippen LogP contribution is -2.43. The molecule has 3 aliphatic rings. The summed E-state index contributed by atoms with van der Waals surface area (Å²) in [6, 6.07) is 11.7. The summed E-state index contributed by atoms with van der Waals surface area (Å²) in [6.45, 7) is 2.64. The van der Waals surface area contributed by atoms with Gasteiger partial charge in [0.25, 0.3) is 0 Å². The van der Waals surface area contributed by atoms with Gasteiger partial charge in [0, 0.05) is 34.6 Å². The number of nitrogens with one attached hydrogen (secondary N) is 2. The molecule has 2 aliphatic heterocycles. The predicted octanol–water partition coefficient (Wildman–Crippen LogP) is 6.22. The van der Waals surface area contributed by atoms with Crippen LogP contribution in [0.2, 0.25) is 10.0 Å². The third-order valence-corrected chi connectivity index (χ3v) is 8.69. The largest absolute Gasteiger partial charge is 0.412 e. The number of hydrogen-bond acceptors (Lipinski definition) is 4. The van der Waals surface area contributed by atoms with Crippen molar-refractivity contribution in [1.82, 2.24) is 15.5 Å². The zero-order valence-corrected chi connectivity index (χ0v) is 22.6. The molecule has 2 amide bonds. The predicted molar refractivity (Wildman–Crippen MR) is 147 cm³/mol. The Bertz CT molecular complexity index is 1090. The Balaban J connectivity index is 1.21. The number of halogens is 2. The molecule has 37 heavy (non-hydrogen) atoms. The van der Waals surface area contributed by atoms with Crippen LogP contribution >= 0.6 is 23.2 Å². The number of likely N-dealkylation sites (tertiary alicyclic amines) is 1. The maximum absolute atomic E-state index is 13.1. The minimum Gasteiger partial charge on any atom is -0.410 e. The molecule has 2 heterocycles. The average molecular weight is 545 g/mol. The molecule has 5 rings (SSSR count). The lowest BCUT2D eigenvalue weighted by atomic mass is 9.93. The van der Waals surface area contributed by atoms with E-state index in [1.807, 2.05) is 24.3 Å². The minimum absolute atomic E-state index is 0.0600. The second kappa shape index (κ2) is 12.1. The van der Waals surface area contributed by atoms with Crippen molar-refractivity contribution in [2.24, 2.45) is 5.92 Å². The van der Waals surface area contributed by atoms with E-state index in [9.17, 15) is 9.59 Å². The Morgan fingerprint density at radius 1 is 0.946 bits per heavy atom. The molecule has 1 saturated carbocycles. The van der Waals surface area contributed by atoms with Crippen LogP contribution in [-0.4, -0.2) is 48.6 Å². The second-order valence-electron chi connectivity index (χ2n) is 10.5. The molecule has 0 bridgehead atoms. The van der Waals surface area contributed by atoms with Crippen LogP contribution in [-0.2, 0) is 11.2 Å². The molecule has 8 heteroatoms. The van der Waals surface area contributed by atoms with E-state index in [0.717, 1.165) is 68.4 Å². The first-order valence-corrected chi connectivity index (χ1v) is 14.3. The highest BCUT2D eigenvalue weighted by Gasteiger charge is 2.36. The molecular weight excluding hydrogens is 509 g/mol. The average Bonchev–Trinajstić information content (AvgIpc) is 3.27. The molecule has 1 atom stereocenters. The van der Waals surface area contributed by atoms with Gasteiger partial charge in [-0.05, 0) is 92.6 Å². The smallest absolute Gasteiger partial charge is 0.410 e. The summed E-state index contributed by atoms with van der Waals surface area (Å²) in [5.74, 6) is 0.671. The van der Waals surface area contributed by atoms with E-state index in [-0.39, 0.29) is 17.9 Å². The van der Waals surface area contributed by atoms with E-state index in [2.05, 4.69) is 15.5 Å². The molecular formula is C29H35Cl2N3O3. The zero-order chi connectivity index (χ0) is 25.8. The first-order chi connectivity index (χ1) is 18.0. The Morgan fingerprint density at radius 3 is 2.30 bits per heavy atom. The molecule has 2 aromatic carbocycles. The van der Waals surface area contributed by atoms with Crippen LogP contribution < -0.4 is 15.4 Å². The maximum atomic E-state index is 13.1. The number of piperidine rings is 1. The number of nitrogens with zero attached hydrogens (tertiary/aromatic N) is 1. The van der Waals surface area contributed by atoms with Crippen LogP contribution in [0.15, 0.2) is 36.4 Å². The van der Waals surface area contributed by atoms with Crippen molar-refractivity contribution >= 4 is 35.2 Å². The fourth-order valence-electron chi connectivity index (χ4n) is 5.90. The zero-order valence-electron chi connectivity index (χ0n) is 21.1. The summed E-state index contributed by atoms with van der Waals surface area (Å²) in [5.41, 5.74) is 2.64. The Hall–Kier alpha value is -2.28. The third-order valence-electron chi connectivity index (χ3n) is 8.02. The molecule has 1 unspecified atom stereocenters. The summed E-state index contributed by atoms with van der Waals surface area (Å²) in [7, 11) is 0. The van der Waals surface area contributed by atoms with E-state index < -0.39 is 6.09 Å². The van der Waals surface area contributed by atoms with Gasteiger partial charge in [-0.3, -0.25) is 4.79 Å². The minimum atomic E-state index is -0.432. The number of carbonyl (C=O) groups is 2. The topological polar surface area (TPSA) is 70.7 Å². The van der Waals surface area contributed by atoms with Gasteiger partial charge in [-0.15, -0.1) is 0 Å². The lowest BCUT2D eigenvalue weighted by molar-refractivity contribution is -0.133. The summed E-state index contributed by atoms with van der Waals surface area (Å²) in [5, 5.41) is 7.36. The van der Waals surface area contributed by atoms with Crippen molar-refractivity contribution in [3.63, 3.8) is 0 Å². The van der Waals surface area contributed by atoms with E-state index >= 15 is 0 Å². The Morgan fingerprint density at radius 2 is 1.62 bits per heavy atom. The van der Waals surface area contributed by atoms with Crippen molar-refractivity contribution in [3.05, 3.63) is 52.0 Å². The first-order valence-electron chi connectivity index (χ1n) is 13.6. The van der Waals surface area contributed by atoms with Gasteiger partial charge < -0.3 is 20.3 Å². The van der Waals surface area contributed by atoms with Crippen LogP contribution in [0.4, 0.5) is 4.79 Å². The standard InChI is InChI=1S/C29H35Cl2N3O3/c30-26-17-21(19-6-8-24(9-7-19)37-29(36)33-22-10-13-32-14-11-22)18-27(31)25(26)16-20-12-15-34(28(20)35)23-4-2-1-3-5-23/h6-9,17-18,20,22-23,32H,1-5,10-16H2,(H,33,36). The van der Waals surface area contributed by atoms with Crippen LogP contribution in [0.1, 0.15) is 56.9 Å². The van der Waals surface area contributed by atoms with E-state index in [0.29, 0.717) is 28.3 Å². The maximum Gasteiger partial charge on any atom is 0.412 e. The fraction of sp³-hybridized carbons (Fsp3) is 0.517. The van der Waals surface area contributed by atoms with E-state index in [4.69, 9.17) is 27.9 Å². The molecule has 2 N–H and O–H groups in total. The quantitative estimate of drug-likeness (QED) is 0.453. The monoisotopic (exact) mass is 543 g/mol. The number of ether oxygens (including phenoxy) is 1. The Kier molecular flexibility index (Phi) is 8.58. The highest BCUT2D eigenvalue weighted by molar-refractivity contribution is 6.36. The van der Waals surface area contributed by atoms with Gasteiger partial charge in [0.15, 0.2) is 0 Å². The molecule has 198 valence electrons. The Labute approximate surface area is 229 Å². The molecule has 2 aromatic rings. The molecule has 0 radical (unpaired) electrons. The highest BCUT2D eigenvalue weighted by Crippen LogP contribution is 2.37. The number of rotatable bonds is 6. The van der Waals surface area contributed by atoms with Gasteiger partial charge in [0.05, 0.1) is 0 Å². The van der Waals surface area contributed by atoms with Gasteiger partial charge in [-0.1, -0.05) is 54.6 Å². The third kappa shape index (κ3) is 6.42. The second-order valence-corrected chi connectivity index (χ2v) is 11.3. The van der Waals surface area contributed by atoms with E-state index in [1.165, 1.54) is 19.3 Å². The van der Waals surface area contributed by atoms with Gasteiger partial charge in [0.2, 0.25) is 5.91 Å². The van der Waals surface area contributed by atoms with Crippen molar-refractivity contribution in [2.75, 3.05) is 19.6 Å². The fourth-order valence-corrected chi connectivity index (χ4v) is 6.55. The van der Waals surface area contributed by atoms with Crippen LogP contribution in [0.25, 0.3) is 11.1 Å². The normalized spacial score (nSPS) is 21.3.